The predicted octanol–water partition coefficient (Wildman–Crippen LogP) is 3.23. The Hall–Kier alpha value is -1.72. The SMILES string of the molecule is CC(Cc1cccs1)N(C)Cc1cc(F)cc(C(=N)N)c1. The molecule has 3 nitrogen and oxygen atoms in total. The van der Waals surface area contributed by atoms with Crippen LogP contribution in [0, 0.1) is 11.2 Å². The molecule has 0 aliphatic heterocycles. The summed E-state index contributed by atoms with van der Waals surface area (Å²) >= 11 is 1.75. The Morgan fingerprint density at radius 2 is 2.19 bits per heavy atom. The number of nitrogens with two attached hydrogens (primary N) is 1. The lowest BCUT2D eigenvalue weighted by molar-refractivity contribution is 0.248. The second-order valence-corrected chi connectivity index (χ2v) is 6.34. The third kappa shape index (κ3) is 4.37. The van der Waals surface area contributed by atoms with Gasteiger partial charge in [-0.05, 0) is 55.6 Å². The van der Waals surface area contributed by atoms with Gasteiger partial charge in [-0.2, -0.15) is 0 Å². The highest BCUT2D eigenvalue weighted by molar-refractivity contribution is 7.09. The van der Waals surface area contributed by atoms with Gasteiger partial charge in [0.1, 0.15) is 11.7 Å². The Balaban J connectivity index is 2.04. The van der Waals surface area contributed by atoms with E-state index in [1.165, 1.54) is 17.0 Å². The van der Waals surface area contributed by atoms with Crippen molar-refractivity contribution in [3.63, 3.8) is 0 Å². The van der Waals surface area contributed by atoms with Crippen molar-refractivity contribution in [2.45, 2.75) is 25.9 Å². The minimum Gasteiger partial charge on any atom is -0.384 e. The third-order valence-corrected chi connectivity index (χ3v) is 4.43. The zero-order valence-corrected chi connectivity index (χ0v) is 13.1. The normalized spacial score (nSPS) is 12.6. The standard InChI is InChI=1S/C16H20FN3S/c1-11(6-15-4-3-5-21-15)20(2)10-12-7-13(16(18)19)9-14(17)8-12/h3-5,7-9,11H,6,10H2,1-2H3,(H3,18,19). The van der Waals surface area contributed by atoms with E-state index < -0.39 is 0 Å². The molecule has 0 aliphatic carbocycles. The molecular weight excluding hydrogens is 285 g/mol. The van der Waals surface area contributed by atoms with Crippen LogP contribution in [-0.2, 0) is 13.0 Å². The molecule has 3 N–H and O–H groups in total. The first kappa shape index (κ1) is 15.7. The summed E-state index contributed by atoms with van der Waals surface area (Å²) in [6.45, 7) is 2.79. The Morgan fingerprint density at radius 3 is 2.81 bits per heavy atom. The number of nitrogens with zero attached hydrogens (tertiary/aromatic N) is 1. The van der Waals surface area contributed by atoms with Crippen molar-refractivity contribution in [3.05, 3.63) is 57.5 Å². The number of nitrogen functional groups attached to an aromatic ring is 1. The van der Waals surface area contributed by atoms with Gasteiger partial charge in [-0.1, -0.05) is 6.07 Å². The van der Waals surface area contributed by atoms with Crippen LogP contribution in [0.25, 0.3) is 0 Å². The van der Waals surface area contributed by atoms with Crippen molar-refractivity contribution in [1.29, 1.82) is 5.41 Å². The van der Waals surface area contributed by atoms with Crippen LogP contribution in [0.3, 0.4) is 0 Å². The number of thiophene rings is 1. The Kier molecular flexibility index (Phi) is 5.09. The summed E-state index contributed by atoms with van der Waals surface area (Å²) < 4.78 is 13.6. The van der Waals surface area contributed by atoms with E-state index in [1.807, 2.05) is 7.05 Å². The number of hydrogen-bond acceptors (Lipinski definition) is 3. The summed E-state index contributed by atoms with van der Waals surface area (Å²) in [6.07, 6.45) is 0.975. The average molecular weight is 305 g/mol. The molecule has 1 aromatic heterocycles. The van der Waals surface area contributed by atoms with Gasteiger partial charge in [0.25, 0.3) is 0 Å². The fourth-order valence-corrected chi connectivity index (χ4v) is 3.04. The van der Waals surface area contributed by atoms with Gasteiger partial charge in [-0.25, -0.2) is 4.39 Å². The van der Waals surface area contributed by atoms with Crippen molar-refractivity contribution >= 4 is 17.2 Å². The van der Waals surface area contributed by atoms with Gasteiger partial charge in [0, 0.05) is 23.0 Å². The Labute approximate surface area is 128 Å². The van der Waals surface area contributed by atoms with Gasteiger partial charge in [0.05, 0.1) is 0 Å². The highest BCUT2D eigenvalue weighted by atomic mass is 32.1. The van der Waals surface area contributed by atoms with Gasteiger partial charge < -0.3 is 5.73 Å². The molecule has 0 bridgehead atoms. The summed E-state index contributed by atoms with van der Waals surface area (Å²) in [5.41, 5.74) is 6.71. The van der Waals surface area contributed by atoms with Crippen LogP contribution >= 0.6 is 11.3 Å². The molecule has 112 valence electrons. The van der Waals surface area contributed by atoms with Crippen LogP contribution in [0.1, 0.15) is 22.9 Å². The van der Waals surface area contributed by atoms with E-state index in [9.17, 15) is 4.39 Å². The molecule has 0 saturated heterocycles. The quantitative estimate of drug-likeness (QED) is 0.636. The molecule has 1 aromatic carbocycles. The first-order valence-electron chi connectivity index (χ1n) is 6.82. The van der Waals surface area contributed by atoms with Crippen LogP contribution in [0.2, 0.25) is 0 Å². The number of rotatable bonds is 6. The lowest BCUT2D eigenvalue weighted by atomic mass is 10.1. The second kappa shape index (κ2) is 6.83. The predicted molar refractivity (Wildman–Crippen MR) is 86.4 cm³/mol. The molecular formula is C16H20FN3S. The number of amidine groups is 1. The zero-order chi connectivity index (χ0) is 15.4. The Morgan fingerprint density at radius 1 is 1.43 bits per heavy atom. The summed E-state index contributed by atoms with van der Waals surface area (Å²) in [6, 6.07) is 9.11. The molecule has 0 aliphatic rings. The average Bonchev–Trinajstić information content (AvgIpc) is 2.90. The third-order valence-electron chi connectivity index (χ3n) is 3.53. The smallest absolute Gasteiger partial charge is 0.124 e. The molecule has 0 radical (unpaired) electrons. The molecule has 2 aromatic rings. The van der Waals surface area contributed by atoms with Crippen molar-refractivity contribution in [1.82, 2.24) is 4.90 Å². The summed E-state index contributed by atoms with van der Waals surface area (Å²) in [5.74, 6) is -0.456. The molecule has 0 saturated carbocycles. The van der Waals surface area contributed by atoms with E-state index >= 15 is 0 Å². The van der Waals surface area contributed by atoms with E-state index in [1.54, 1.807) is 17.4 Å². The van der Waals surface area contributed by atoms with Crippen molar-refractivity contribution in [2.24, 2.45) is 5.73 Å². The van der Waals surface area contributed by atoms with Gasteiger partial charge >= 0.3 is 0 Å². The molecule has 0 amide bonds. The fourth-order valence-electron chi connectivity index (χ4n) is 2.22. The van der Waals surface area contributed by atoms with Crippen LogP contribution in [0.15, 0.2) is 35.7 Å². The molecule has 21 heavy (non-hydrogen) atoms. The zero-order valence-electron chi connectivity index (χ0n) is 12.3. The van der Waals surface area contributed by atoms with Crippen LogP contribution < -0.4 is 5.73 Å². The summed E-state index contributed by atoms with van der Waals surface area (Å²) in [4.78, 5) is 3.52. The monoisotopic (exact) mass is 305 g/mol. The lowest BCUT2D eigenvalue weighted by Crippen LogP contribution is -2.30. The fraction of sp³-hybridized carbons (Fsp3) is 0.312. The van der Waals surface area contributed by atoms with E-state index in [-0.39, 0.29) is 11.7 Å². The molecule has 5 heteroatoms. The summed E-state index contributed by atoms with van der Waals surface area (Å²) in [7, 11) is 2.02. The number of hydrogen-bond donors (Lipinski definition) is 2. The molecule has 1 atom stereocenters. The number of benzene rings is 1. The maximum Gasteiger partial charge on any atom is 0.124 e. The van der Waals surface area contributed by atoms with E-state index in [0.29, 0.717) is 18.2 Å². The lowest BCUT2D eigenvalue weighted by Gasteiger charge is -2.24. The highest BCUT2D eigenvalue weighted by Gasteiger charge is 2.12. The van der Waals surface area contributed by atoms with Crippen LogP contribution in [0.5, 0.6) is 0 Å². The van der Waals surface area contributed by atoms with Crippen LogP contribution in [0.4, 0.5) is 4.39 Å². The second-order valence-electron chi connectivity index (χ2n) is 5.31. The molecule has 2 rings (SSSR count). The minimum absolute atomic E-state index is 0.106. The number of likely N-dealkylation sites (N-methyl/N-ethyl adjacent to an activating group) is 1. The van der Waals surface area contributed by atoms with Crippen LogP contribution in [-0.4, -0.2) is 23.8 Å². The number of nitrogens with one attached hydrogen (secondary N) is 1. The Bertz CT molecular complexity index is 610. The highest BCUT2D eigenvalue weighted by Crippen LogP contribution is 2.16. The van der Waals surface area contributed by atoms with E-state index in [4.69, 9.17) is 11.1 Å². The summed E-state index contributed by atoms with van der Waals surface area (Å²) in [5, 5.41) is 9.50. The minimum atomic E-state index is -0.350. The molecule has 0 spiro atoms. The molecule has 1 heterocycles. The van der Waals surface area contributed by atoms with Crippen molar-refractivity contribution in [2.75, 3.05) is 7.05 Å². The largest absolute Gasteiger partial charge is 0.384 e. The van der Waals surface area contributed by atoms with Crippen molar-refractivity contribution in [3.8, 4) is 0 Å². The van der Waals surface area contributed by atoms with E-state index in [0.717, 1.165) is 12.0 Å². The van der Waals surface area contributed by atoms with E-state index in [2.05, 4.69) is 29.3 Å². The molecule has 0 fully saturated rings. The van der Waals surface area contributed by atoms with Gasteiger partial charge in [-0.3, -0.25) is 10.3 Å². The first-order chi connectivity index (χ1) is 9.95. The van der Waals surface area contributed by atoms with Gasteiger partial charge in [0.15, 0.2) is 0 Å². The number of halogens is 1. The molecule has 1 unspecified atom stereocenters. The van der Waals surface area contributed by atoms with Gasteiger partial charge in [-0.15, -0.1) is 11.3 Å². The first-order valence-corrected chi connectivity index (χ1v) is 7.70. The maximum absolute atomic E-state index is 13.6. The topological polar surface area (TPSA) is 53.1 Å². The van der Waals surface area contributed by atoms with Crippen molar-refractivity contribution < 1.29 is 4.39 Å². The van der Waals surface area contributed by atoms with Gasteiger partial charge in [0.2, 0.25) is 0 Å². The maximum atomic E-state index is 13.6.